The molecule has 0 atom stereocenters. The van der Waals surface area contributed by atoms with Gasteiger partial charge in [0.15, 0.2) is 0 Å². The maximum Gasteiger partial charge on any atom is 0.147 e. The van der Waals surface area contributed by atoms with E-state index in [9.17, 15) is 8.78 Å². The highest BCUT2D eigenvalue weighted by Gasteiger charge is 2.36. The molecule has 4 heterocycles. The van der Waals surface area contributed by atoms with Gasteiger partial charge in [0.25, 0.3) is 0 Å². The number of amidine groups is 1. The number of aryl methyl sites for hydroxylation is 1. The van der Waals surface area contributed by atoms with Crippen LogP contribution in [0, 0.1) is 18.6 Å². The third-order valence-electron chi connectivity index (χ3n) is 6.10. The molecule has 0 amide bonds. The number of fused-ring (bicyclic) bond motifs is 2. The number of hydrogen-bond acceptors (Lipinski definition) is 5. The van der Waals surface area contributed by atoms with E-state index in [0.717, 1.165) is 23.0 Å². The van der Waals surface area contributed by atoms with Crippen LogP contribution in [-0.4, -0.2) is 41.8 Å². The number of aliphatic imine (C=N–C) groups is 1. The van der Waals surface area contributed by atoms with E-state index in [1.165, 1.54) is 18.2 Å². The molecule has 0 unspecified atom stereocenters. The van der Waals surface area contributed by atoms with E-state index in [-0.39, 0.29) is 18.1 Å². The quantitative estimate of drug-likeness (QED) is 0.238. The Morgan fingerprint density at radius 3 is 2.62 bits per heavy atom. The third-order valence-corrected chi connectivity index (χ3v) is 7.99. The number of ether oxygens (including phenoxy) is 1. The fourth-order valence-corrected chi connectivity index (χ4v) is 5.39. The van der Waals surface area contributed by atoms with Crippen LogP contribution < -0.4 is 4.90 Å². The molecule has 2 aliphatic heterocycles. The van der Waals surface area contributed by atoms with Crippen molar-refractivity contribution in [3.05, 3.63) is 58.0 Å². The molecule has 10 heteroatoms. The molecule has 0 bridgehead atoms. The van der Waals surface area contributed by atoms with Gasteiger partial charge in [0.2, 0.25) is 0 Å². The molecule has 0 saturated carbocycles. The van der Waals surface area contributed by atoms with Crippen molar-refractivity contribution in [2.45, 2.75) is 45.8 Å². The van der Waals surface area contributed by atoms with Crippen LogP contribution in [0.4, 0.5) is 20.2 Å². The van der Waals surface area contributed by atoms with Crippen LogP contribution in [-0.2, 0) is 17.9 Å². The molecule has 2 aromatic heterocycles. The van der Waals surface area contributed by atoms with Crippen molar-refractivity contribution >= 4 is 36.9 Å². The second kappa shape index (κ2) is 8.55. The highest BCUT2D eigenvalue weighted by molar-refractivity contribution is 6.76. The molecule has 3 aromatic rings. The topological polar surface area (TPSA) is 55.5 Å². The molecule has 0 saturated heterocycles. The Morgan fingerprint density at radius 1 is 1.18 bits per heavy atom. The minimum Gasteiger partial charge on any atom is -0.360 e. The Labute approximate surface area is 203 Å². The van der Waals surface area contributed by atoms with Crippen LogP contribution >= 0.6 is 11.6 Å². The first-order chi connectivity index (χ1) is 16.1. The molecule has 0 radical (unpaired) electrons. The van der Waals surface area contributed by atoms with E-state index in [1.807, 2.05) is 11.8 Å². The van der Waals surface area contributed by atoms with Crippen LogP contribution in [0.15, 0.2) is 29.3 Å². The minimum absolute atomic E-state index is 0.164. The van der Waals surface area contributed by atoms with E-state index in [0.29, 0.717) is 41.8 Å². The summed E-state index contributed by atoms with van der Waals surface area (Å²) in [5, 5.41) is 5.02. The lowest BCUT2D eigenvalue weighted by atomic mass is 10.1. The van der Waals surface area contributed by atoms with Crippen molar-refractivity contribution in [2.24, 2.45) is 4.99 Å². The van der Waals surface area contributed by atoms with Crippen molar-refractivity contribution in [1.29, 1.82) is 0 Å². The normalized spacial score (nSPS) is 14.7. The molecule has 178 valence electrons. The third kappa shape index (κ3) is 4.06. The molecule has 2 aliphatic rings. The summed E-state index contributed by atoms with van der Waals surface area (Å²) in [7, 11) is -1.24. The molecule has 5 rings (SSSR count). The van der Waals surface area contributed by atoms with E-state index in [1.54, 1.807) is 10.7 Å². The van der Waals surface area contributed by atoms with Gasteiger partial charge in [0, 0.05) is 33.2 Å². The van der Waals surface area contributed by atoms with Gasteiger partial charge in [0.1, 0.15) is 35.0 Å². The van der Waals surface area contributed by atoms with Gasteiger partial charge in [-0.1, -0.05) is 37.3 Å². The lowest BCUT2D eigenvalue weighted by molar-refractivity contribution is 0.0796. The second-order valence-corrected chi connectivity index (χ2v) is 15.9. The average molecular weight is 502 g/mol. The lowest BCUT2D eigenvalue weighted by Gasteiger charge is -2.22. The number of nitrogens with zero attached hydrogens (tertiary/aromatic N) is 5. The fraction of sp³-hybridized carbons (Fsp3) is 0.375. The standard InChI is InChI=1S/C24H26ClF2N5OSi/c1-14-21-23(32(30-14)13-33-10-11-34(2,3)4)15-12-19(25)28-18-8-9-31(22(15)18)24(29-21)20-16(26)6-5-7-17(20)27/h5-7,12H,8-11,13H2,1-4H3. The van der Waals surface area contributed by atoms with E-state index >= 15 is 0 Å². The Bertz CT molecular complexity index is 1300. The first-order valence-corrected chi connectivity index (χ1v) is 15.4. The molecule has 1 aromatic carbocycles. The molecule has 0 N–H and O–H groups in total. The van der Waals surface area contributed by atoms with Gasteiger partial charge in [0.05, 0.1) is 28.3 Å². The summed E-state index contributed by atoms with van der Waals surface area (Å²) >= 11 is 6.40. The van der Waals surface area contributed by atoms with Crippen molar-refractivity contribution < 1.29 is 13.5 Å². The number of aromatic nitrogens is 3. The zero-order valence-corrected chi connectivity index (χ0v) is 21.4. The number of benzene rings is 1. The van der Waals surface area contributed by atoms with Crippen molar-refractivity contribution in [3.63, 3.8) is 0 Å². The average Bonchev–Trinajstić information content (AvgIpc) is 3.25. The van der Waals surface area contributed by atoms with Crippen molar-refractivity contribution in [1.82, 2.24) is 14.8 Å². The van der Waals surface area contributed by atoms with Gasteiger partial charge in [-0.3, -0.25) is 0 Å². The Morgan fingerprint density at radius 2 is 1.91 bits per heavy atom. The predicted octanol–water partition coefficient (Wildman–Crippen LogP) is 5.95. The van der Waals surface area contributed by atoms with Crippen LogP contribution in [0.1, 0.15) is 17.0 Å². The largest absolute Gasteiger partial charge is 0.360 e. The zero-order chi connectivity index (χ0) is 24.2. The predicted molar refractivity (Wildman–Crippen MR) is 133 cm³/mol. The molecule has 6 nitrogen and oxygen atoms in total. The summed E-state index contributed by atoms with van der Waals surface area (Å²) in [6.07, 6.45) is 0.590. The molecule has 0 spiro atoms. The number of anilines is 1. The van der Waals surface area contributed by atoms with Gasteiger partial charge in [-0.15, -0.1) is 0 Å². The van der Waals surface area contributed by atoms with Crippen molar-refractivity contribution in [3.8, 4) is 11.3 Å². The Balaban J connectivity index is 1.68. The summed E-state index contributed by atoms with van der Waals surface area (Å²) in [4.78, 5) is 11.1. The summed E-state index contributed by atoms with van der Waals surface area (Å²) in [5.74, 6) is -1.13. The molecular formula is C24H26ClF2N5OSi. The van der Waals surface area contributed by atoms with Crippen LogP contribution in [0.25, 0.3) is 11.3 Å². The first kappa shape index (κ1) is 23.1. The van der Waals surface area contributed by atoms with Gasteiger partial charge in [-0.2, -0.15) is 5.10 Å². The highest BCUT2D eigenvalue weighted by atomic mass is 35.5. The van der Waals surface area contributed by atoms with Crippen LogP contribution in [0.2, 0.25) is 30.8 Å². The summed E-state index contributed by atoms with van der Waals surface area (Å²) < 4.78 is 37.5. The Hall–Kier alpha value is -2.62. The van der Waals surface area contributed by atoms with E-state index in [4.69, 9.17) is 21.3 Å². The molecule has 34 heavy (non-hydrogen) atoms. The van der Waals surface area contributed by atoms with Crippen LogP contribution in [0.5, 0.6) is 0 Å². The first-order valence-electron chi connectivity index (χ1n) is 11.3. The number of hydrogen-bond donors (Lipinski definition) is 0. The highest BCUT2D eigenvalue weighted by Crippen LogP contribution is 2.47. The van der Waals surface area contributed by atoms with Crippen LogP contribution in [0.3, 0.4) is 0 Å². The van der Waals surface area contributed by atoms with Gasteiger partial charge < -0.3 is 9.64 Å². The SMILES string of the molecule is Cc1nn(COCC[Si](C)(C)C)c2c1N=C(c1c(F)cccc1F)N1CCc3nc(Cl)cc-2c31. The maximum absolute atomic E-state index is 14.9. The molecule has 0 aliphatic carbocycles. The lowest BCUT2D eigenvalue weighted by Crippen LogP contribution is -2.31. The monoisotopic (exact) mass is 501 g/mol. The maximum atomic E-state index is 14.9. The Kier molecular flexibility index (Phi) is 5.82. The van der Waals surface area contributed by atoms with E-state index < -0.39 is 19.7 Å². The summed E-state index contributed by atoms with van der Waals surface area (Å²) in [6, 6.07) is 6.64. The van der Waals surface area contributed by atoms with Gasteiger partial charge in [-0.25, -0.2) is 23.4 Å². The smallest absolute Gasteiger partial charge is 0.147 e. The summed E-state index contributed by atoms with van der Waals surface area (Å²) in [6.45, 7) is 10.1. The number of pyridine rings is 1. The molecule has 0 fully saturated rings. The zero-order valence-electron chi connectivity index (χ0n) is 19.6. The number of rotatable bonds is 6. The number of halogens is 3. The second-order valence-electron chi connectivity index (χ2n) is 9.85. The molecular weight excluding hydrogens is 476 g/mol. The van der Waals surface area contributed by atoms with E-state index in [2.05, 4.69) is 29.7 Å². The fourth-order valence-electron chi connectivity index (χ4n) is 4.42. The van der Waals surface area contributed by atoms with Crippen molar-refractivity contribution in [2.75, 3.05) is 18.1 Å². The summed E-state index contributed by atoms with van der Waals surface area (Å²) in [5.41, 5.74) is 4.05. The van der Waals surface area contributed by atoms with Gasteiger partial charge in [-0.05, 0) is 31.2 Å². The minimum atomic E-state index is -1.24. The van der Waals surface area contributed by atoms with Gasteiger partial charge >= 0.3 is 0 Å².